The fraction of sp³-hybridized carbons (Fsp3) is 0.0909. The Kier molecular flexibility index (Phi) is 5.37. The minimum Gasteiger partial charge on any atom is -0.493 e. The lowest BCUT2D eigenvalue weighted by Gasteiger charge is -2.07. The third-order valence-corrected chi connectivity index (χ3v) is 5.34. The van der Waals surface area contributed by atoms with E-state index < -0.39 is 0 Å². The van der Waals surface area contributed by atoms with Gasteiger partial charge in [0.1, 0.15) is 5.75 Å². The van der Waals surface area contributed by atoms with E-state index >= 15 is 0 Å². The van der Waals surface area contributed by atoms with Crippen molar-refractivity contribution in [1.29, 1.82) is 0 Å². The predicted molar refractivity (Wildman–Crippen MR) is 117 cm³/mol. The fourth-order valence-corrected chi connectivity index (χ4v) is 3.96. The average molecular weight is 409 g/mol. The van der Waals surface area contributed by atoms with Gasteiger partial charge in [-0.05, 0) is 54.4 Å². The molecule has 1 heterocycles. The van der Waals surface area contributed by atoms with Crippen molar-refractivity contribution < 1.29 is 9.53 Å². The van der Waals surface area contributed by atoms with Gasteiger partial charge in [0.15, 0.2) is 5.17 Å². The second-order valence-corrected chi connectivity index (χ2v) is 7.56. The highest BCUT2D eigenvalue weighted by Gasteiger charge is 2.24. The van der Waals surface area contributed by atoms with Crippen molar-refractivity contribution in [2.45, 2.75) is 6.92 Å². The Bertz CT molecular complexity index is 1120. The summed E-state index contributed by atoms with van der Waals surface area (Å²) in [5, 5.41) is 6.12. The Morgan fingerprint density at radius 2 is 1.96 bits per heavy atom. The van der Waals surface area contributed by atoms with Gasteiger partial charge < -0.3 is 10.1 Å². The molecule has 1 aliphatic heterocycles. The molecule has 0 aliphatic carbocycles. The number of amides is 1. The molecule has 0 atom stereocenters. The Balaban J connectivity index is 1.67. The Labute approximate surface area is 172 Å². The number of fused-ring (bicyclic) bond motifs is 1. The molecular formula is C22H17ClN2O2S. The summed E-state index contributed by atoms with van der Waals surface area (Å²) in [6, 6.07) is 19.3. The van der Waals surface area contributed by atoms with Crippen molar-refractivity contribution in [2.75, 3.05) is 6.61 Å². The van der Waals surface area contributed by atoms with Crippen molar-refractivity contribution >= 4 is 57.0 Å². The van der Waals surface area contributed by atoms with E-state index in [1.807, 2.05) is 49.4 Å². The van der Waals surface area contributed by atoms with E-state index in [2.05, 4.69) is 10.3 Å². The van der Waals surface area contributed by atoms with E-state index in [0.717, 1.165) is 22.0 Å². The van der Waals surface area contributed by atoms with Crippen LogP contribution in [0.5, 0.6) is 5.75 Å². The summed E-state index contributed by atoms with van der Waals surface area (Å²) >= 11 is 7.42. The van der Waals surface area contributed by atoms with E-state index in [0.29, 0.717) is 27.5 Å². The Morgan fingerprint density at radius 1 is 1.14 bits per heavy atom. The lowest BCUT2D eigenvalue weighted by Crippen LogP contribution is -2.19. The van der Waals surface area contributed by atoms with E-state index in [1.54, 1.807) is 24.3 Å². The number of hydrogen-bond donors (Lipinski definition) is 1. The van der Waals surface area contributed by atoms with Gasteiger partial charge in [0.25, 0.3) is 5.91 Å². The first-order valence-corrected chi connectivity index (χ1v) is 10.0. The van der Waals surface area contributed by atoms with Crippen LogP contribution in [0.1, 0.15) is 12.5 Å². The smallest absolute Gasteiger partial charge is 0.264 e. The predicted octanol–water partition coefficient (Wildman–Crippen LogP) is 5.78. The van der Waals surface area contributed by atoms with Crippen LogP contribution in [0.15, 0.2) is 70.6 Å². The summed E-state index contributed by atoms with van der Waals surface area (Å²) in [6.07, 6.45) is 1.78. The van der Waals surface area contributed by atoms with E-state index in [-0.39, 0.29) is 5.91 Å². The number of thioether (sulfide) groups is 1. The van der Waals surface area contributed by atoms with Crippen LogP contribution >= 0.6 is 23.4 Å². The minimum atomic E-state index is -0.189. The number of halogens is 1. The van der Waals surface area contributed by atoms with Gasteiger partial charge in [-0.3, -0.25) is 4.79 Å². The molecule has 4 nitrogen and oxygen atoms in total. The Morgan fingerprint density at radius 3 is 2.82 bits per heavy atom. The van der Waals surface area contributed by atoms with Gasteiger partial charge in [-0.1, -0.05) is 48.0 Å². The van der Waals surface area contributed by atoms with Crippen molar-refractivity contribution in [1.82, 2.24) is 5.32 Å². The monoisotopic (exact) mass is 408 g/mol. The molecule has 1 fully saturated rings. The lowest BCUT2D eigenvalue weighted by atomic mass is 10.1. The van der Waals surface area contributed by atoms with Crippen molar-refractivity contribution in [3.63, 3.8) is 0 Å². The number of hydrogen-bond acceptors (Lipinski definition) is 4. The first-order valence-electron chi connectivity index (χ1n) is 8.84. The summed E-state index contributed by atoms with van der Waals surface area (Å²) < 4.78 is 5.63. The maximum absolute atomic E-state index is 12.4. The first kappa shape index (κ1) is 18.6. The zero-order chi connectivity index (χ0) is 19.5. The normalized spacial score (nSPS) is 16.7. The van der Waals surface area contributed by atoms with Gasteiger partial charge in [-0.25, -0.2) is 4.99 Å². The molecule has 0 unspecified atom stereocenters. The molecule has 6 heteroatoms. The molecule has 3 aromatic carbocycles. The molecule has 0 bridgehead atoms. The number of nitrogens with one attached hydrogen (secondary N) is 1. The largest absolute Gasteiger partial charge is 0.493 e. The molecule has 1 amide bonds. The van der Waals surface area contributed by atoms with Gasteiger partial charge in [0.05, 0.1) is 17.2 Å². The van der Waals surface area contributed by atoms with Gasteiger partial charge in [-0.2, -0.15) is 0 Å². The molecule has 140 valence electrons. The summed E-state index contributed by atoms with van der Waals surface area (Å²) in [6.45, 7) is 2.45. The van der Waals surface area contributed by atoms with Gasteiger partial charge in [0.2, 0.25) is 0 Å². The highest BCUT2D eigenvalue weighted by atomic mass is 35.5. The van der Waals surface area contributed by atoms with Crippen LogP contribution < -0.4 is 10.1 Å². The maximum Gasteiger partial charge on any atom is 0.264 e. The van der Waals surface area contributed by atoms with Crippen LogP contribution in [0.4, 0.5) is 5.69 Å². The van der Waals surface area contributed by atoms with Crippen molar-refractivity contribution in [2.24, 2.45) is 4.99 Å². The molecule has 0 spiro atoms. The van der Waals surface area contributed by atoms with E-state index in [1.165, 1.54) is 11.8 Å². The number of rotatable bonds is 4. The van der Waals surface area contributed by atoms with Crippen molar-refractivity contribution in [3.05, 3.63) is 76.2 Å². The van der Waals surface area contributed by atoms with Crippen LogP contribution in [0.2, 0.25) is 5.02 Å². The molecule has 0 aromatic heterocycles. The standard InChI is InChI=1S/C22H17ClN2O2S/c1-2-27-19-11-10-16(23)12-15(19)13-20-21(26)25-22(28-20)24-18-9-5-7-14-6-3-4-8-17(14)18/h3-13H,2H2,1H3,(H,24,25,26)/b20-13-. The lowest BCUT2D eigenvalue weighted by molar-refractivity contribution is -0.115. The molecule has 0 saturated carbocycles. The molecule has 1 aliphatic rings. The van der Waals surface area contributed by atoms with Crippen LogP contribution in [-0.2, 0) is 4.79 Å². The molecule has 1 saturated heterocycles. The summed E-state index contributed by atoms with van der Waals surface area (Å²) in [5.74, 6) is 0.499. The molecule has 1 N–H and O–H groups in total. The number of nitrogens with zero attached hydrogens (tertiary/aromatic N) is 1. The summed E-state index contributed by atoms with van der Waals surface area (Å²) in [7, 11) is 0. The molecule has 0 radical (unpaired) electrons. The Hall–Kier alpha value is -2.76. The molecule has 4 rings (SSSR count). The van der Waals surface area contributed by atoms with Crippen LogP contribution in [0.25, 0.3) is 16.8 Å². The van der Waals surface area contributed by atoms with Gasteiger partial charge >= 0.3 is 0 Å². The third kappa shape index (κ3) is 3.91. The van der Waals surface area contributed by atoms with Crippen LogP contribution in [0, 0.1) is 0 Å². The third-order valence-electron chi connectivity index (χ3n) is 4.20. The number of carbonyl (C=O) groups is 1. The quantitative estimate of drug-likeness (QED) is 0.556. The second-order valence-electron chi connectivity index (χ2n) is 6.10. The molecular weight excluding hydrogens is 392 g/mol. The number of amidine groups is 1. The molecule has 28 heavy (non-hydrogen) atoms. The number of aliphatic imine (C=N–C) groups is 1. The molecule has 3 aromatic rings. The highest BCUT2D eigenvalue weighted by Crippen LogP contribution is 2.33. The number of ether oxygens (including phenoxy) is 1. The maximum atomic E-state index is 12.4. The van der Waals surface area contributed by atoms with Crippen molar-refractivity contribution in [3.8, 4) is 5.75 Å². The van der Waals surface area contributed by atoms with Gasteiger partial charge in [0, 0.05) is 16.0 Å². The highest BCUT2D eigenvalue weighted by molar-refractivity contribution is 8.18. The fourth-order valence-electron chi connectivity index (χ4n) is 2.96. The van der Waals surface area contributed by atoms with E-state index in [4.69, 9.17) is 16.3 Å². The first-order chi connectivity index (χ1) is 13.6. The zero-order valence-electron chi connectivity index (χ0n) is 15.1. The van der Waals surface area contributed by atoms with E-state index in [9.17, 15) is 4.79 Å². The summed E-state index contributed by atoms with van der Waals surface area (Å²) in [4.78, 5) is 17.6. The average Bonchev–Trinajstić information content (AvgIpc) is 3.03. The van der Waals surface area contributed by atoms with Crippen LogP contribution in [0.3, 0.4) is 0 Å². The zero-order valence-corrected chi connectivity index (χ0v) is 16.7. The SMILES string of the molecule is CCOc1ccc(Cl)cc1/C=C1\SC(=Nc2cccc3ccccc23)NC1=O. The topological polar surface area (TPSA) is 50.7 Å². The number of carbonyl (C=O) groups excluding carboxylic acids is 1. The van der Waals surface area contributed by atoms with Gasteiger partial charge in [-0.15, -0.1) is 0 Å². The van der Waals surface area contributed by atoms with Crippen LogP contribution in [-0.4, -0.2) is 17.7 Å². The number of benzene rings is 3. The summed E-state index contributed by atoms with van der Waals surface area (Å²) in [5.41, 5.74) is 1.58. The minimum absolute atomic E-state index is 0.189. The second kappa shape index (κ2) is 8.09.